The number of hydrogen-bond acceptors (Lipinski definition) is 5. The lowest BCUT2D eigenvalue weighted by Crippen LogP contribution is -2.40. The third kappa shape index (κ3) is 5.30. The van der Waals surface area contributed by atoms with E-state index in [9.17, 15) is 9.65 Å². The van der Waals surface area contributed by atoms with Crippen LogP contribution in [0, 0.1) is 28.6 Å². The molecule has 1 saturated heterocycles. The summed E-state index contributed by atoms with van der Waals surface area (Å²) in [5.41, 5.74) is 1.09. The molecule has 6 nitrogen and oxygen atoms in total. The summed E-state index contributed by atoms with van der Waals surface area (Å²) in [6.45, 7) is 2.49. The van der Waals surface area contributed by atoms with E-state index in [2.05, 4.69) is 27.0 Å². The zero-order chi connectivity index (χ0) is 17.5. The Morgan fingerprint density at radius 3 is 2.92 bits per heavy atom. The van der Waals surface area contributed by atoms with E-state index >= 15 is 0 Å². The van der Waals surface area contributed by atoms with Crippen molar-refractivity contribution in [2.24, 2.45) is 13.0 Å². The van der Waals surface area contributed by atoms with Crippen molar-refractivity contribution in [3.8, 4) is 12.1 Å². The molecule has 1 aliphatic heterocycles. The van der Waals surface area contributed by atoms with Crippen molar-refractivity contribution in [2.45, 2.75) is 38.0 Å². The first-order valence-electron chi connectivity index (χ1n) is 8.32. The molecule has 0 aliphatic carbocycles. The highest BCUT2D eigenvalue weighted by Crippen LogP contribution is 2.23. The van der Waals surface area contributed by atoms with E-state index in [4.69, 9.17) is 5.26 Å². The second kappa shape index (κ2) is 8.77. The van der Waals surface area contributed by atoms with Crippen molar-refractivity contribution in [1.82, 2.24) is 19.6 Å². The van der Waals surface area contributed by atoms with Crippen molar-refractivity contribution in [3.05, 3.63) is 18.0 Å². The SMILES string of the molecule is CN(CC(C#N)CCC#N)C[C@@H]1C[C@H](F)CN1Cc1cnn(C)c1. The number of likely N-dealkylation sites (N-methyl/N-ethyl adjacent to an activating group) is 1. The minimum Gasteiger partial charge on any atom is -0.304 e. The Balaban J connectivity index is 1.88. The topological polar surface area (TPSA) is 71.9 Å². The van der Waals surface area contributed by atoms with Crippen LogP contribution < -0.4 is 0 Å². The number of hydrogen-bond donors (Lipinski definition) is 0. The van der Waals surface area contributed by atoms with Crippen LogP contribution in [0.25, 0.3) is 0 Å². The van der Waals surface area contributed by atoms with E-state index < -0.39 is 6.17 Å². The molecular formula is C17H25FN6. The monoisotopic (exact) mass is 332 g/mol. The van der Waals surface area contributed by atoms with Crippen LogP contribution in [0.1, 0.15) is 24.8 Å². The fourth-order valence-electron chi connectivity index (χ4n) is 3.34. The largest absolute Gasteiger partial charge is 0.304 e. The van der Waals surface area contributed by atoms with E-state index in [1.165, 1.54) is 0 Å². The van der Waals surface area contributed by atoms with E-state index in [-0.39, 0.29) is 12.0 Å². The summed E-state index contributed by atoms with van der Waals surface area (Å²) < 4.78 is 15.7. The maximum Gasteiger partial charge on any atom is 0.114 e. The normalized spacial score (nSPS) is 22.4. The van der Waals surface area contributed by atoms with Gasteiger partial charge in [0.25, 0.3) is 0 Å². The van der Waals surface area contributed by atoms with E-state index in [1.807, 2.05) is 26.5 Å². The van der Waals surface area contributed by atoms with Gasteiger partial charge < -0.3 is 4.90 Å². The second-order valence-electron chi connectivity index (χ2n) is 6.68. The molecule has 2 rings (SSSR count). The summed E-state index contributed by atoms with van der Waals surface area (Å²) in [6.07, 6.45) is 4.49. The number of nitriles is 2. The van der Waals surface area contributed by atoms with Gasteiger partial charge in [-0.15, -0.1) is 0 Å². The molecular weight excluding hydrogens is 307 g/mol. The zero-order valence-electron chi connectivity index (χ0n) is 14.4. The van der Waals surface area contributed by atoms with Crippen LogP contribution in [-0.2, 0) is 13.6 Å². The molecule has 130 valence electrons. The highest BCUT2D eigenvalue weighted by atomic mass is 19.1. The molecule has 0 aromatic carbocycles. The quantitative estimate of drug-likeness (QED) is 0.725. The number of aryl methyl sites for hydroxylation is 1. The lowest BCUT2D eigenvalue weighted by Gasteiger charge is -2.28. The van der Waals surface area contributed by atoms with Gasteiger partial charge in [-0.25, -0.2) is 4.39 Å². The molecule has 1 fully saturated rings. The van der Waals surface area contributed by atoms with Gasteiger partial charge in [-0.05, 0) is 19.9 Å². The van der Waals surface area contributed by atoms with E-state index in [1.54, 1.807) is 4.68 Å². The van der Waals surface area contributed by atoms with Gasteiger partial charge in [-0.3, -0.25) is 9.58 Å². The predicted octanol–water partition coefficient (Wildman–Crippen LogP) is 1.71. The molecule has 0 spiro atoms. The van der Waals surface area contributed by atoms with Gasteiger partial charge in [0.1, 0.15) is 6.17 Å². The molecule has 1 aliphatic rings. The Labute approximate surface area is 143 Å². The number of likely N-dealkylation sites (tertiary alicyclic amines) is 1. The van der Waals surface area contributed by atoms with Gasteiger partial charge in [0.05, 0.1) is 24.3 Å². The first-order chi connectivity index (χ1) is 11.5. The van der Waals surface area contributed by atoms with Crippen molar-refractivity contribution >= 4 is 0 Å². The average Bonchev–Trinajstić information content (AvgIpc) is 3.09. The fourth-order valence-corrected chi connectivity index (χ4v) is 3.34. The zero-order valence-corrected chi connectivity index (χ0v) is 14.4. The molecule has 2 heterocycles. The highest BCUT2D eigenvalue weighted by molar-refractivity contribution is 5.05. The van der Waals surface area contributed by atoms with Gasteiger partial charge in [0.2, 0.25) is 0 Å². The number of aromatic nitrogens is 2. The second-order valence-corrected chi connectivity index (χ2v) is 6.68. The minimum atomic E-state index is -0.801. The predicted molar refractivity (Wildman–Crippen MR) is 88.4 cm³/mol. The number of alkyl halides is 1. The number of nitrogens with zero attached hydrogens (tertiary/aromatic N) is 6. The number of halogens is 1. The molecule has 3 atom stereocenters. The van der Waals surface area contributed by atoms with Gasteiger partial charge >= 0.3 is 0 Å². The summed E-state index contributed by atoms with van der Waals surface area (Å²) in [5, 5.41) is 22.0. The first kappa shape index (κ1) is 18.4. The van der Waals surface area contributed by atoms with Crippen LogP contribution in [0.2, 0.25) is 0 Å². The van der Waals surface area contributed by atoms with Crippen molar-refractivity contribution in [2.75, 3.05) is 26.7 Å². The molecule has 1 aromatic heterocycles. The van der Waals surface area contributed by atoms with Crippen LogP contribution in [0.4, 0.5) is 4.39 Å². The molecule has 0 N–H and O–H groups in total. The Hall–Kier alpha value is -1.96. The molecule has 1 aromatic rings. The summed E-state index contributed by atoms with van der Waals surface area (Å²) in [5.74, 6) is -0.149. The lowest BCUT2D eigenvalue weighted by atomic mass is 10.0. The van der Waals surface area contributed by atoms with Crippen molar-refractivity contribution < 1.29 is 4.39 Å². The number of rotatable bonds is 8. The third-order valence-electron chi connectivity index (χ3n) is 4.46. The van der Waals surface area contributed by atoms with Crippen molar-refractivity contribution in [3.63, 3.8) is 0 Å². The van der Waals surface area contributed by atoms with Crippen LogP contribution in [0.5, 0.6) is 0 Å². The van der Waals surface area contributed by atoms with Crippen LogP contribution in [-0.4, -0.2) is 58.5 Å². The summed E-state index contributed by atoms with van der Waals surface area (Å²) in [7, 11) is 3.84. The molecule has 0 radical (unpaired) electrons. The van der Waals surface area contributed by atoms with E-state index in [0.29, 0.717) is 38.9 Å². The Morgan fingerprint density at radius 1 is 1.50 bits per heavy atom. The first-order valence-corrected chi connectivity index (χ1v) is 8.32. The summed E-state index contributed by atoms with van der Waals surface area (Å²) >= 11 is 0. The molecule has 0 bridgehead atoms. The van der Waals surface area contributed by atoms with Gasteiger partial charge in [-0.1, -0.05) is 0 Å². The summed E-state index contributed by atoms with van der Waals surface area (Å²) in [6, 6.07) is 4.49. The van der Waals surface area contributed by atoms with Crippen LogP contribution in [0.3, 0.4) is 0 Å². The Kier molecular flexibility index (Phi) is 6.72. The van der Waals surface area contributed by atoms with Gasteiger partial charge in [0, 0.05) is 57.4 Å². The Bertz CT molecular complexity index is 601. The van der Waals surface area contributed by atoms with Crippen LogP contribution in [0.15, 0.2) is 12.4 Å². The maximum atomic E-state index is 13.9. The third-order valence-corrected chi connectivity index (χ3v) is 4.46. The minimum absolute atomic E-state index is 0.139. The molecule has 0 saturated carbocycles. The molecule has 1 unspecified atom stereocenters. The lowest BCUT2D eigenvalue weighted by molar-refractivity contribution is 0.176. The molecule has 24 heavy (non-hydrogen) atoms. The van der Waals surface area contributed by atoms with Gasteiger partial charge in [-0.2, -0.15) is 15.6 Å². The smallest absolute Gasteiger partial charge is 0.114 e. The Morgan fingerprint density at radius 2 is 2.29 bits per heavy atom. The maximum absolute atomic E-state index is 13.9. The van der Waals surface area contributed by atoms with Gasteiger partial charge in [0.15, 0.2) is 0 Å². The molecule has 0 amide bonds. The molecule has 7 heteroatoms. The fraction of sp³-hybridized carbons (Fsp3) is 0.706. The highest BCUT2D eigenvalue weighted by Gasteiger charge is 2.33. The van der Waals surface area contributed by atoms with Crippen molar-refractivity contribution in [1.29, 1.82) is 10.5 Å². The standard InChI is InChI=1S/C17H25FN6/c1-22(9-14(7-20)4-3-5-19)13-17-6-16(18)12-24(17)11-15-8-21-23(2)10-15/h8,10,14,16-17H,3-4,6,9,11-13H2,1-2H3/t14?,16-,17-/m0/s1. The van der Waals surface area contributed by atoms with E-state index in [0.717, 1.165) is 12.1 Å². The van der Waals surface area contributed by atoms with Crippen LogP contribution >= 0.6 is 0 Å². The average molecular weight is 332 g/mol. The summed E-state index contributed by atoms with van der Waals surface area (Å²) in [4.78, 5) is 4.25.